The van der Waals surface area contributed by atoms with Gasteiger partial charge in [-0.25, -0.2) is 4.98 Å². The molecule has 1 aromatic rings. The van der Waals surface area contributed by atoms with Crippen molar-refractivity contribution in [3.63, 3.8) is 0 Å². The van der Waals surface area contributed by atoms with Crippen LogP contribution in [0.25, 0.3) is 0 Å². The van der Waals surface area contributed by atoms with Gasteiger partial charge in [0, 0.05) is 12.3 Å². The number of pyridine rings is 1. The highest BCUT2D eigenvalue weighted by Crippen LogP contribution is 2.27. The summed E-state index contributed by atoms with van der Waals surface area (Å²) < 4.78 is 4.89. The van der Waals surface area contributed by atoms with E-state index in [9.17, 15) is 9.90 Å². The third-order valence-corrected chi connectivity index (χ3v) is 2.35. The van der Waals surface area contributed by atoms with E-state index < -0.39 is 12.0 Å². The lowest BCUT2D eigenvalue weighted by Crippen LogP contribution is -2.38. The summed E-state index contributed by atoms with van der Waals surface area (Å²) in [4.78, 5) is 14.6. The molecule has 0 radical (unpaired) electrons. The van der Waals surface area contributed by atoms with Gasteiger partial charge < -0.3 is 20.3 Å². The van der Waals surface area contributed by atoms with E-state index in [-0.39, 0.29) is 22.2 Å². The number of nitrogens with one attached hydrogen (secondary N) is 1. The van der Waals surface area contributed by atoms with Crippen molar-refractivity contribution in [3.05, 3.63) is 18.0 Å². The first-order valence-electron chi connectivity index (χ1n) is 4.73. The minimum atomic E-state index is -1.05. The Bertz CT molecular complexity index is 450. The molecule has 17 heavy (non-hydrogen) atoms. The van der Waals surface area contributed by atoms with Crippen LogP contribution in [0.2, 0.25) is 0 Å². The molecule has 1 unspecified atom stereocenters. The van der Waals surface area contributed by atoms with E-state index in [4.69, 9.17) is 22.1 Å². The van der Waals surface area contributed by atoms with Gasteiger partial charge in [0.15, 0.2) is 11.5 Å². The Balaban J connectivity index is 2.93. The summed E-state index contributed by atoms with van der Waals surface area (Å²) in [5, 5.41) is 21.0. The number of thiocarbonyl (C=S) groups is 1. The molecule has 0 aromatic carbocycles. The van der Waals surface area contributed by atoms with E-state index in [0.717, 1.165) is 0 Å². The van der Waals surface area contributed by atoms with Gasteiger partial charge in [-0.05, 0) is 6.92 Å². The highest BCUT2D eigenvalue weighted by molar-refractivity contribution is 7.80. The smallest absolute Gasteiger partial charge is 0.325 e. The number of rotatable bonds is 4. The van der Waals surface area contributed by atoms with Crippen LogP contribution in [0, 0.1) is 0 Å². The van der Waals surface area contributed by atoms with Gasteiger partial charge in [-0.1, -0.05) is 12.2 Å². The molecule has 0 aliphatic carbocycles. The maximum Gasteiger partial charge on any atom is 0.325 e. The van der Waals surface area contributed by atoms with Gasteiger partial charge in [0.1, 0.15) is 16.7 Å². The van der Waals surface area contributed by atoms with E-state index in [1.165, 1.54) is 26.3 Å². The summed E-state index contributed by atoms with van der Waals surface area (Å²) in [7, 11) is 1.40. The van der Waals surface area contributed by atoms with Gasteiger partial charge in [0.25, 0.3) is 0 Å². The lowest BCUT2D eigenvalue weighted by molar-refractivity contribution is -0.138. The normalized spacial score (nSPS) is 11.6. The molecule has 0 aliphatic heterocycles. The molecule has 3 N–H and O–H groups in total. The number of hydrogen-bond donors (Lipinski definition) is 3. The standard InChI is InChI=1S/C10H12N2O4S/c1-5(10(14)15)12-9(17)7-8(13)6(16-2)3-4-11-7/h3-5,13H,1-2H3,(H,12,17)(H,14,15). The third kappa shape index (κ3) is 3.04. The summed E-state index contributed by atoms with van der Waals surface area (Å²) in [6.07, 6.45) is 1.41. The first-order chi connectivity index (χ1) is 7.97. The lowest BCUT2D eigenvalue weighted by atomic mass is 10.2. The number of carbonyl (C=O) groups is 1. The number of nitrogens with zero attached hydrogens (tertiary/aromatic N) is 1. The molecule has 0 saturated heterocycles. The van der Waals surface area contributed by atoms with Crippen LogP contribution in [0.3, 0.4) is 0 Å². The van der Waals surface area contributed by atoms with Crippen molar-refractivity contribution in [3.8, 4) is 11.5 Å². The van der Waals surface area contributed by atoms with Crippen molar-refractivity contribution in [1.82, 2.24) is 10.3 Å². The fourth-order valence-electron chi connectivity index (χ4n) is 1.09. The minimum absolute atomic E-state index is 0.0521. The molecule has 0 amide bonds. The minimum Gasteiger partial charge on any atom is -0.503 e. The topological polar surface area (TPSA) is 91.7 Å². The predicted octanol–water partition coefficient (Wildman–Crippen LogP) is 0.534. The zero-order valence-corrected chi connectivity index (χ0v) is 10.1. The Labute approximate surface area is 103 Å². The Morgan fingerprint density at radius 2 is 2.29 bits per heavy atom. The largest absolute Gasteiger partial charge is 0.503 e. The zero-order valence-electron chi connectivity index (χ0n) is 9.30. The van der Waals surface area contributed by atoms with Gasteiger partial charge in [-0.15, -0.1) is 0 Å². The zero-order chi connectivity index (χ0) is 13.0. The molecule has 0 bridgehead atoms. The SMILES string of the molecule is COc1ccnc(C(=S)NC(C)C(=O)O)c1O. The number of hydrogen-bond acceptors (Lipinski definition) is 5. The van der Waals surface area contributed by atoms with Crippen LogP contribution in [0.15, 0.2) is 12.3 Å². The quantitative estimate of drug-likeness (QED) is 0.677. The summed E-state index contributed by atoms with van der Waals surface area (Å²) in [5.74, 6) is -1.04. The maximum absolute atomic E-state index is 10.6. The fraction of sp³-hybridized carbons (Fsp3) is 0.300. The average Bonchev–Trinajstić information content (AvgIpc) is 2.28. The molecule has 0 spiro atoms. The van der Waals surface area contributed by atoms with Crippen molar-refractivity contribution < 1.29 is 19.7 Å². The first kappa shape index (κ1) is 13.2. The second-order valence-electron chi connectivity index (χ2n) is 3.24. The molecular formula is C10H12N2O4S. The van der Waals surface area contributed by atoms with E-state index >= 15 is 0 Å². The van der Waals surface area contributed by atoms with Crippen molar-refractivity contribution in [2.24, 2.45) is 0 Å². The van der Waals surface area contributed by atoms with E-state index in [1.807, 2.05) is 0 Å². The number of carboxylic acids is 1. The molecule has 0 aliphatic rings. The van der Waals surface area contributed by atoms with Crippen molar-refractivity contribution >= 4 is 23.2 Å². The predicted molar refractivity (Wildman–Crippen MR) is 64.4 cm³/mol. The van der Waals surface area contributed by atoms with Crippen LogP contribution < -0.4 is 10.1 Å². The van der Waals surface area contributed by atoms with Crippen LogP contribution >= 0.6 is 12.2 Å². The van der Waals surface area contributed by atoms with Crippen molar-refractivity contribution in [1.29, 1.82) is 0 Å². The third-order valence-electron chi connectivity index (χ3n) is 2.04. The number of ether oxygens (including phenoxy) is 1. The monoisotopic (exact) mass is 256 g/mol. The molecule has 0 fully saturated rings. The summed E-state index contributed by atoms with van der Waals surface area (Å²) in [6, 6.07) is 0.608. The molecule has 1 atom stereocenters. The number of methoxy groups -OCH3 is 1. The molecule has 6 nitrogen and oxygen atoms in total. The number of aromatic hydroxyl groups is 1. The molecule has 1 rings (SSSR count). The average molecular weight is 256 g/mol. The van der Waals surface area contributed by atoms with Crippen molar-refractivity contribution in [2.45, 2.75) is 13.0 Å². The summed E-state index contributed by atoms with van der Waals surface area (Å²) >= 11 is 4.96. The number of carboxylic acid groups (broad SMARTS) is 1. The lowest BCUT2D eigenvalue weighted by Gasteiger charge is -2.13. The second-order valence-corrected chi connectivity index (χ2v) is 3.65. The van der Waals surface area contributed by atoms with Crippen LogP contribution in [0.4, 0.5) is 0 Å². The van der Waals surface area contributed by atoms with E-state index in [1.54, 1.807) is 0 Å². The molecule has 92 valence electrons. The van der Waals surface area contributed by atoms with Crippen LogP contribution in [-0.4, -0.2) is 39.3 Å². The highest BCUT2D eigenvalue weighted by atomic mass is 32.1. The van der Waals surface area contributed by atoms with Gasteiger partial charge >= 0.3 is 5.97 Å². The van der Waals surface area contributed by atoms with Gasteiger partial charge in [0.2, 0.25) is 0 Å². The van der Waals surface area contributed by atoms with Crippen LogP contribution in [0.1, 0.15) is 12.6 Å². The van der Waals surface area contributed by atoms with Gasteiger partial charge in [-0.2, -0.15) is 0 Å². The van der Waals surface area contributed by atoms with E-state index in [0.29, 0.717) is 0 Å². The molecule has 7 heteroatoms. The number of aliphatic carboxylic acids is 1. The molecule has 1 aromatic heterocycles. The molecule has 0 saturated carbocycles. The van der Waals surface area contributed by atoms with Crippen LogP contribution in [0.5, 0.6) is 11.5 Å². The summed E-state index contributed by atoms with van der Waals surface area (Å²) in [6.45, 7) is 1.44. The Hall–Kier alpha value is -1.89. The first-order valence-corrected chi connectivity index (χ1v) is 5.13. The molecule has 1 heterocycles. The van der Waals surface area contributed by atoms with Gasteiger partial charge in [-0.3, -0.25) is 4.79 Å². The summed E-state index contributed by atoms with van der Waals surface area (Å²) in [5.41, 5.74) is 0.0902. The number of aromatic nitrogens is 1. The van der Waals surface area contributed by atoms with E-state index in [2.05, 4.69) is 10.3 Å². The Kier molecular flexibility index (Phi) is 4.22. The van der Waals surface area contributed by atoms with Crippen molar-refractivity contribution in [2.75, 3.05) is 7.11 Å². The Morgan fingerprint density at radius 1 is 1.65 bits per heavy atom. The highest BCUT2D eigenvalue weighted by Gasteiger charge is 2.17. The fourth-order valence-corrected chi connectivity index (χ4v) is 1.42. The molecular weight excluding hydrogens is 244 g/mol. The van der Waals surface area contributed by atoms with Crippen LogP contribution in [-0.2, 0) is 4.79 Å². The maximum atomic E-state index is 10.6. The second kappa shape index (κ2) is 5.44. The Morgan fingerprint density at radius 3 is 2.82 bits per heavy atom. The van der Waals surface area contributed by atoms with Gasteiger partial charge in [0.05, 0.1) is 7.11 Å².